The number of aryl methyl sites for hydroxylation is 1. The molecular formula is C23H32FN3O3. The van der Waals surface area contributed by atoms with Crippen molar-refractivity contribution in [1.29, 1.82) is 0 Å². The van der Waals surface area contributed by atoms with Crippen LogP contribution >= 0.6 is 0 Å². The molecule has 0 saturated heterocycles. The maximum atomic E-state index is 13.1. The Labute approximate surface area is 178 Å². The quantitative estimate of drug-likeness (QED) is 0.565. The van der Waals surface area contributed by atoms with Gasteiger partial charge >= 0.3 is 0 Å². The third-order valence-electron chi connectivity index (χ3n) is 4.86. The van der Waals surface area contributed by atoms with Crippen molar-refractivity contribution in [2.24, 2.45) is 13.0 Å². The van der Waals surface area contributed by atoms with E-state index in [9.17, 15) is 14.0 Å². The molecule has 1 aromatic heterocycles. The molecule has 2 aromatic rings. The Morgan fingerprint density at radius 3 is 2.37 bits per heavy atom. The van der Waals surface area contributed by atoms with E-state index in [4.69, 9.17) is 4.74 Å². The molecule has 0 N–H and O–H groups in total. The van der Waals surface area contributed by atoms with Crippen molar-refractivity contribution in [3.05, 3.63) is 59.7 Å². The second-order valence-electron chi connectivity index (χ2n) is 7.89. The van der Waals surface area contributed by atoms with Gasteiger partial charge in [0.1, 0.15) is 5.82 Å². The lowest BCUT2D eigenvalue weighted by atomic mass is 10.1. The average molecular weight is 418 g/mol. The third-order valence-corrected chi connectivity index (χ3v) is 4.86. The molecule has 7 heteroatoms. The first-order chi connectivity index (χ1) is 14.3. The fourth-order valence-corrected chi connectivity index (χ4v) is 3.20. The van der Waals surface area contributed by atoms with Crippen LogP contribution in [0.1, 0.15) is 25.1 Å². The van der Waals surface area contributed by atoms with Crippen molar-refractivity contribution >= 4 is 11.8 Å². The predicted octanol–water partition coefficient (Wildman–Crippen LogP) is 2.87. The zero-order valence-electron chi connectivity index (χ0n) is 18.3. The molecule has 164 valence electrons. The number of nitrogens with zero attached hydrogens (tertiary/aromatic N) is 3. The molecule has 0 unspecified atom stereocenters. The summed E-state index contributed by atoms with van der Waals surface area (Å²) in [6.07, 6.45) is 2.07. The largest absolute Gasteiger partial charge is 0.383 e. The normalized spacial score (nSPS) is 11.0. The van der Waals surface area contributed by atoms with Crippen LogP contribution in [0, 0.1) is 11.7 Å². The summed E-state index contributed by atoms with van der Waals surface area (Å²) in [4.78, 5) is 29.3. The molecule has 2 rings (SSSR count). The number of hydrogen-bond donors (Lipinski definition) is 0. The number of aromatic nitrogens is 1. The van der Waals surface area contributed by atoms with Crippen LogP contribution in [0.4, 0.5) is 4.39 Å². The molecule has 0 spiro atoms. The van der Waals surface area contributed by atoms with E-state index in [1.165, 1.54) is 12.1 Å². The van der Waals surface area contributed by atoms with E-state index in [0.29, 0.717) is 26.2 Å². The third kappa shape index (κ3) is 7.30. The molecule has 6 nitrogen and oxygen atoms in total. The SMILES string of the molecule is COCCN(Cc1cccn1C)C(=O)CN(CC(C)C)C(=O)Cc1ccc(F)cc1. The van der Waals surface area contributed by atoms with Gasteiger partial charge in [0.2, 0.25) is 11.8 Å². The molecule has 0 aliphatic carbocycles. The van der Waals surface area contributed by atoms with Gasteiger partial charge in [0.15, 0.2) is 0 Å². The molecule has 0 saturated carbocycles. The van der Waals surface area contributed by atoms with Crippen molar-refractivity contribution in [1.82, 2.24) is 14.4 Å². The summed E-state index contributed by atoms with van der Waals surface area (Å²) in [7, 11) is 3.54. The van der Waals surface area contributed by atoms with E-state index in [0.717, 1.165) is 11.3 Å². The van der Waals surface area contributed by atoms with Crippen LogP contribution in [0.3, 0.4) is 0 Å². The zero-order chi connectivity index (χ0) is 22.1. The highest BCUT2D eigenvalue weighted by Gasteiger charge is 2.23. The van der Waals surface area contributed by atoms with Gasteiger partial charge in [0.25, 0.3) is 0 Å². The Kier molecular flexibility index (Phi) is 9.05. The van der Waals surface area contributed by atoms with E-state index in [1.807, 2.05) is 43.8 Å². The summed E-state index contributed by atoms with van der Waals surface area (Å²) in [5.41, 5.74) is 1.73. The van der Waals surface area contributed by atoms with Gasteiger partial charge < -0.3 is 19.1 Å². The van der Waals surface area contributed by atoms with Crippen molar-refractivity contribution < 1.29 is 18.7 Å². The zero-order valence-corrected chi connectivity index (χ0v) is 18.3. The van der Waals surface area contributed by atoms with Gasteiger partial charge in [0, 0.05) is 39.1 Å². The smallest absolute Gasteiger partial charge is 0.242 e. The summed E-state index contributed by atoms with van der Waals surface area (Å²) < 4.78 is 20.3. The monoisotopic (exact) mass is 417 g/mol. The molecule has 0 bridgehead atoms. The summed E-state index contributed by atoms with van der Waals surface area (Å²) in [5, 5.41) is 0. The Morgan fingerprint density at radius 1 is 1.10 bits per heavy atom. The molecule has 1 aromatic carbocycles. The van der Waals surface area contributed by atoms with Crippen LogP contribution in [0.2, 0.25) is 0 Å². The molecule has 0 fully saturated rings. The summed E-state index contributed by atoms with van der Waals surface area (Å²) in [6.45, 7) is 5.82. The molecule has 2 amide bonds. The van der Waals surface area contributed by atoms with Crippen LogP contribution < -0.4 is 0 Å². The molecule has 0 aliphatic heterocycles. The van der Waals surface area contributed by atoms with Gasteiger partial charge in [-0.2, -0.15) is 0 Å². The second kappa shape index (κ2) is 11.5. The average Bonchev–Trinajstić information content (AvgIpc) is 3.10. The second-order valence-corrected chi connectivity index (χ2v) is 7.89. The molecule has 0 atom stereocenters. The van der Waals surface area contributed by atoms with E-state index >= 15 is 0 Å². The standard InChI is InChI=1S/C23H32FN3O3/c1-18(2)15-27(22(28)14-19-7-9-20(24)10-8-19)17-23(29)26(12-13-30-4)16-21-6-5-11-25(21)3/h5-11,18H,12-17H2,1-4H3. The molecular weight excluding hydrogens is 385 g/mol. The molecule has 1 heterocycles. The molecule has 30 heavy (non-hydrogen) atoms. The number of methoxy groups -OCH3 is 1. The number of carbonyl (C=O) groups is 2. The predicted molar refractivity (Wildman–Crippen MR) is 114 cm³/mol. The van der Waals surface area contributed by atoms with E-state index < -0.39 is 0 Å². The number of amides is 2. The van der Waals surface area contributed by atoms with Crippen molar-refractivity contribution in [2.75, 3.05) is 33.4 Å². The lowest BCUT2D eigenvalue weighted by molar-refractivity contribution is -0.141. The number of benzene rings is 1. The van der Waals surface area contributed by atoms with Gasteiger partial charge in [-0.05, 0) is 35.7 Å². The fourth-order valence-electron chi connectivity index (χ4n) is 3.20. The summed E-state index contributed by atoms with van der Waals surface area (Å²) in [6, 6.07) is 9.79. The van der Waals surface area contributed by atoms with Crippen molar-refractivity contribution in [3.8, 4) is 0 Å². The molecule has 0 radical (unpaired) electrons. The van der Waals surface area contributed by atoms with E-state index in [1.54, 1.807) is 29.0 Å². The highest BCUT2D eigenvalue weighted by atomic mass is 19.1. The first-order valence-electron chi connectivity index (χ1n) is 10.2. The van der Waals surface area contributed by atoms with Crippen LogP contribution in [0.5, 0.6) is 0 Å². The van der Waals surface area contributed by atoms with Crippen LogP contribution in [-0.2, 0) is 34.3 Å². The van der Waals surface area contributed by atoms with Gasteiger partial charge in [-0.15, -0.1) is 0 Å². The van der Waals surface area contributed by atoms with E-state index in [2.05, 4.69) is 0 Å². The highest BCUT2D eigenvalue weighted by Crippen LogP contribution is 2.10. The Bertz CT molecular complexity index is 817. The van der Waals surface area contributed by atoms with Crippen LogP contribution in [0.15, 0.2) is 42.6 Å². The molecule has 0 aliphatic rings. The summed E-state index contributed by atoms with van der Waals surface area (Å²) in [5.74, 6) is -0.388. The number of halogens is 1. The fraction of sp³-hybridized carbons (Fsp3) is 0.478. The van der Waals surface area contributed by atoms with Crippen molar-refractivity contribution in [3.63, 3.8) is 0 Å². The maximum absolute atomic E-state index is 13.1. The Morgan fingerprint density at radius 2 is 1.80 bits per heavy atom. The van der Waals surface area contributed by atoms with Gasteiger partial charge in [-0.3, -0.25) is 9.59 Å². The highest BCUT2D eigenvalue weighted by molar-refractivity contribution is 5.86. The van der Waals surface area contributed by atoms with Gasteiger partial charge in [-0.25, -0.2) is 4.39 Å². The summed E-state index contributed by atoms with van der Waals surface area (Å²) >= 11 is 0. The lowest BCUT2D eigenvalue weighted by Gasteiger charge is -2.29. The number of carbonyl (C=O) groups excluding carboxylic acids is 2. The number of hydrogen-bond acceptors (Lipinski definition) is 3. The first kappa shape index (κ1) is 23.6. The minimum Gasteiger partial charge on any atom is -0.383 e. The van der Waals surface area contributed by atoms with Crippen LogP contribution in [-0.4, -0.2) is 59.5 Å². The van der Waals surface area contributed by atoms with Gasteiger partial charge in [0.05, 0.1) is 26.1 Å². The van der Waals surface area contributed by atoms with E-state index in [-0.39, 0.29) is 36.5 Å². The lowest BCUT2D eigenvalue weighted by Crippen LogP contribution is -2.45. The maximum Gasteiger partial charge on any atom is 0.242 e. The minimum atomic E-state index is -0.338. The Hall–Kier alpha value is -2.67. The minimum absolute atomic E-state index is 0.00629. The van der Waals surface area contributed by atoms with Crippen LogP contribution in [0.25, 0.3) is 0 Å². The first-order valence-corrected chi connectivity index (χ1v) is 10.2. The van der Waals surface area contributed by atoms with Gasteiger partial charge in [-0.1, -0.05) is 26.0 Å². The topological polar surface area (TPSA) is 54.8 Å². The number of ether oxygens (including phenoxy) is 1. The van der Waals surface area contributed by atoms with Crippen molar-refractivity contribution in [2.45, 2.75) is 26.8 Å². The Balaban J connectivity index is 2.10. The number of rotatable bonds is 11.